The van der Waals surface area contributed by atoms with E-state index in [2.05, 4.69) is 5.32 Å². The number of benzene rings is 3. The molecule has 6 nitrogen and oxygen atoms in total. The number of hydrogen-bond donors (Lipinski definition) is 1. The second kappa shape index (κ2) is 11.5. The fourth-order valence-corrected chi connectivity index (χ4v) is 5.06. The summed E-state index contributed by atoms with van der Waals surface area (Å²) in [5, 5.41) is 3.36. The van der Waals surface area contributed by atoms with Gasteiger partial charge >= 0.3 is 1.43 Å². The van der Waals surface area contributed by atoms with Crippen molar-refractivity contribution >= 4 is 16.9 Å². The smallest absolute Gasteiger partial charge is 1.00 e. The molecule has 1 atom stereocenters. The summed E-state index contributed by atoms with van der Waals surface area (Å²) >= 11 is 0. The molecule has 1 aliphatic carbocycles. The lowest BCUT2D eigenvalue weighted by Gasteiger charge is -2.27. The zero-order valence-corrected chi connectivity index (χ0v) is 21.4. The number of nitrogens with one attached hydrogen (secondary N) is 1. The molecule has 1 aliphatic rings. The van der Waals surface area contributed by atoms with Gasteiger partial charge in [0.25, 0.3) is 0 Å². The van der Waals surface area contributed by atoms with E-state index in [9.17, 15) is 4.79 Å². The van der Waals surface area contributed by atoms with Crippen LogP contribution in [0.25, 0.3) is 22.4 Å². The Bertz CT molecular complexity index is 1320. The molecule has 1 N–H and O–H groups in total. The summed E-state index contributed by atoms with van der Waals surface area (Å²) in [6.45, 7) is 0. The highest BCUT2D eigenvalue weighted by Crippen LogP contribution is 2.38. The first-order chi connectivity index (χ1) is 17.2. The average molecular weight is 506 g/mol. The van der Waals surface area contributed by atoms with Crippen molar-refractivity contribution < 1.29 is 28.1 Å². The van der Waals surface area contributed by atoms with Crippen LogP contribution >= 0.6 is 0 Å². The Kier molecular flexibility index (Phi) is 8.16. The summed E-state index contributed by atoms with van der Waals surface area (Å²) in [5.41, 5.74) is 3.44. The van der Waals surface area contributed by atoms with E-state index in [1.165, 1.54) is 6.42 Å². The first-order valence-corrected chi connectivity index (χ1v) is 12.2. The molecule has 1 unspecified atom stereocenters. The van der Waals surface area contributed by atoms with Crippen LogP contribution in [0.15, 0.2) is 72.8 Å². The van der Waals surface area contributed by atoms with E-state index in [1.54, 1.807) is 14.2 Å². The van der Waals surface area contributed by atoms with Crippen LogP contribution in [-0.2, 0) is 4.79 Å². The first kappa shape index (κ1) is 25.6. The molecule has 7 heteroatoms. The summed E-state index contributed by atoms with van der Waals surface area (Å²) in [5.74, 6) is 2.00. The minimum absolute atomic E-state index is 0. The zero-order chi connectivity index (χ0) is 24.2. The Morgan fingerprint density at radius 3 is 2.42 bits per heavy atom. The number of methoxy groups -OCH3 is 2. The molecule has 4 aromatic rings. The Hall–Kier alpha value is -3.51. The molecule has 0 aliphatic heterocycles. The molecule has 0 spiro atoms. The maximum atomic E-state index is 14.0. The average Bonchev–Trinajstić information content (AvgIpc) is 3.28. The van der Waals surface area contributed by atoms with Crippen LogP contribution in [0.4, 0.5) is 0 Å². The highest BCUT2D eigenvalue weighted by molar-refractivity contribution is 5.90. The third-order valence-corrected chi connectivity index (χ3v) is 6.82. The minimum Gasteiger partial charge on any atom is -1.00 e. The molecule has 1 heterocycles. The van der Waals surface area contributed by atoms with E-state index in [4.69, 9.17) is 14.5 Å². The molecule has 5 rings (SSSR count). The quantitative estimate of drug-likeness (QED) is 0.419. The number of carbonyl (C=O) groups excluding carboxylic acids is 1. The van der Waals surface area contributed by atoms with Crippen molar-refractivity contribution in [2.45, 2.75) is 44.2 Å². The molecule has 1 amide bonds. The van der Waals surface area contributed by atoms with Crippen molar-refractivity contribution in [3.8, 4) is 22.9 Å². The SMILES string of the molecule is COc1ccc(-c2nc3ccccc3n2C(C(=O)NC2CCCCC2)c2ccccc2)c(OC)c1.[Cl-].[H+]. The van der Waals surface area contributed by atoms with Crippen molar-refractivity contribution in [1.82, 2.24) is 14.9 Å². The van der Waals surface area contributed by atoms with Crippen molar-refractivity contribution in [2.75, 3.05) is 14.2 Å². The number of para-hydroxylation sites is 2. The van der Waals surface area contributed by atoms with Gasteiger partial charge in [-0.2, -0.15) is 0 Å². The lowest BCUT2D eigenvalue weighted by atomic mass is 9.95. The molecule has 1 fully saturated rings. The monoisotopic (exact) mass is 505 g/mol. The lowest BCUT2D eigenvalue weighted by molar-refractivity contribution is -0.124. The maximum absolute atomic E-state index is 14.0. The Morgan fingerprint density at radius 1 is 0.972 bits per heavy atom. The number of nitrogens with zero attached hydrogens (tertiary/aromatic N) is 2. The molecular weight excluding hydrogens is 474 g/mol. The Labute approximate surface area is 219 Å². The van der Waals surface area contributed by atoms with E-state index >= 15 is 0 Å². The second-order valence-electron chi connectivity index (χ2n) is 9.02. The third kappa shape index (κ3) is 5.05. The van der Waals surface area contributed by atoms with Gasteiger partial charge in [-0.05, 0) is 42.7 Å². The number of rotatable bonds is 7. The van der Waals surface area contributed by atoms with Gasteiger partial charge in [-0.15, -0.1) is 0 Å². The van der Waals surface area contributed by atoms with Crippen molar-refractivity contribution in [3.05, 3.63) is 78.4 Å². The molecule has 0 saturated heterocycles. The molecule has 0 bridgehead atoms. The number of fused-ring (bicyclic) bond motifs is 1. The van der Waals surface area contributed by atoms with E-state index in [-0.39, 0.29) is 25.8 Å². The lowest BCUT2D eigenvalue weighted by Crippen LogP contribution is -3.00. The van der Waals surface area contributed by atoms with Crippen LogP contribution in [0.2, 0.25) is 0 Å². The van der Waals surface area contributed by atoms with Gasteiger partial charge in [0.2, 0.25) is 5.91 Å². The van der Waals surface area contributed by atoms with E-state index in [0.717, 1.165) is 47.8 Å². The molecule has 1 saturated carbocycles. The van der Waals surface area contributed by atoms with Gasteiger partial charge in [-0.3, -0.25) is 4.79 Å². The molecule has 188 valence electrons. The number of imidazole rings is 1. The summed E-state index contributed by atoms with van der Waals surface area (Å²) in [6.07, 6.45) is 5.60. The zero-order valence-electron chi connectivity index (χ0n) is 21.6. The number of ether oxygens (including phenoxy) is 2. The molecule has 36 heavy (non-hydrogen) atoms. The number of amides is 1. The van der Waals surface area contributed by atoms with Crippen molar-refractivity contribution in [3.63, 3.8) is 0 Å². The molecular formula is C29H32ClN3O3. The minimum atomic E-state index is -0.577. The van der Waals surface area contributed by atoms with Crippen molar-refractivity contribution in [1.29, 1.82) is 0 Å². The van der Waals surface area contributed by atoms with Crippen molar-refractivity contribution in [2.24, 2.45) is 0 Å². The van der Waals surface area contributed by atoms with Crippen LogP contribution in [0.3, 0.4) is 0 Å². The van der Waals surface area contributed by atoms with Gasteiger partial charge in [-0.1, -0.05) is 61.7 Å². The molecule has 3 aromatic carbocycles. The van der Waals surface area contributed by atoms with Gasteiger partial charge in [0.05, 0.1) is 30.8 Å². The predicted octanol–water partition coefficient (Wildman–Crippen LogP) is 2.88. The number of carbonyl (C=O) groups is 1. The van der Waals surface area contributed by atoms with Crippen LogP contribution < -0.4 is 27.2 Å². The Balaban J connectivity index is 0.00000190. The first-order valence-electron chi connectivity index (χ1n) is 12.2. The van der Waals surface area contributed by atoms with Gasteiger partial charge in [-0.25, -0.2) is 4.98 Å². The van der Waals surface area contributed by atoms with Crippen LogP contribution in [-0.4, -0.2) is 35.7 Å². The topological polar surface area (TPSA) is 65.4 Å². The largest absolute Gasteiger partial charge is 1.00 e. The number of halogens is 1. The number of hydrogen-bond acceptors (Lipinski definition) is 4. The summed E-state index contributed by atoms with van der Waals surface area (Å²) in [4.78, 5) is 19.0. The third-order valence-electron chi connectivity index (χ3n) is 6.82. The second-order valence-corrected chi connectivity index (χ2v) is 9.02. The summed E-state index contributed by atoms with van der Waals surface area (Å²) in [6, 6.07) is 23.2. The molecule has 0 radical (unpaired) electrons. The normalized spacial score (nSPS) is 14.6. The standard InChI is InChI=1S/C29H31N3O3.ClH/c1-34-22-17-18-23(26(19-22)35-2)28-31-24-15-9-10-16-25(24)32(28)27(20-11-5-3-6-12-20)29(33)30-21-13-7-4-8-14-21;/h3,5-6,9-12,15-19,21,27H,4,7-8,13-14H2,1-2H3,(H,30,33);1H. The maximum Gasteiger partial charge on any atom is 1.00 e. The van der Waals surface area contributed by atoms with E-state index in [1.807, 2.05) is 77.4 Å². The fourth-order valence-electron chi connectivity index (χ4n) is 5.06. The van der Waals surface area contributed by atoms with Gasteiger partial charge in [0.1, 0.15) is 23.4 Å². The number of aromatic nitrogens is 2. The highest BCUT2D eigenvalue weighted by atomic mass is 35.5. The summed E-state index contributed by atoms with van der Waals surface area (Å²) < 4.78 is 13.2. The van der Waals surface area contributed by atoms with Crippen LogP contribution in [0.1, 0.15) is 45.1 Å². The van der Waals surface area contributed by atoms with E-state index in [0.29, 0.717) is 17.3 Å². The highest BCUT2D eigenvalue weighted by Gasteiger charge is 2.30. The summed E-state index contributed by atoms with van der Waals surface area (Å²) in [7, 11) is 3.26. The Morgan fingerprint density at radius 2 is 1.69 bits per heavy atom. The van der Waals surface area contributed by atoms with Gasteiger partial charge in [0.15, 0.2) is 0 Å². The van der Waals surface area contributed by atoms with Crippen LogP contribution in [0.5, 0.6) is 11.5 Å². The molecule has 1 aromatic heterocycles. The van der Waals surface area contributed by atoms with Crippen LogP contribution in [0, 0.1) is 0 Å². The predicted molar refractivity (Wildman–Crippen MR) is 139 cm³/mol. The van der Waals surface area contributed by atoms with E-state index < -0.39 is 6.04 Å². The van der Waals surface area contributed by atoms with Gasteiger partial charge < -0.3 is 31.8 Å². The van der Waals surface area contributed by atoms with Gasteiger partial charge in [0, 0.05) is 12.1 Å². The fraction of sp³-hybridized carbons (Fsp3) is 0.310.